The Morgan fingerprint density at radius 1 is 0.885 bits per heavy atom. The highest BCUT2D eigenvalue weighted by atomic mass is 32.2. The van der Waals surface area contributed by atoms with Gasteiger partial charge in [0.25, 0.3) is 0 Å². The molecule has 6 heteroatoms. The highest BCUT2D eigenvalue weighted by Gasteiger charge is 2.18. The summed E-state index contributed by atoms with van der Waals surface area (Å²) in [5.74, 6) is 2.38. The van der Waals surface area contributed by atoms with Crippen LogP contribution in [0.4, 0.5) is 0 Å². The molecule has 1 heterocycles. The smallest absolute Gasteiger partial charge is 0.136 e. The fourth-order valence-corrected chi connectivity index (χ4v) is 3.64. The monoisotopic (exact) mass is 370 g/mol. The first-order valence-corrected chi connectivity index (χ1v) is 9.31. The van der Waals surface area contributed by atoms with Crippen molar-refractivity contribution >= 4 is 11.8 Å². The minimum Gasteiger partial charge on any atom is -0.497 e. The van der Waals surface area contributed by atoms with Crippen LogP contribution in [0.15, 0.2) is 47.6 Å². The number of thioether (sulfide) groups is 1. The fourth-order valence-electron chi connectivity index (χ4n) is 2.95. The van der Waals surface area contributed by atoms with Crippen molar-refractivity contribution in [3.63, 3.8) is 0 Å². The van der Waals surface area contributed by atoms with Gasteiger partial charge in [-0.05, 0) is 42.7 Å². The Morgan fingerprint density at radius 3 is 2.00 bits per heavy atom. The lowest BCUT2D eigenvalue weighted by Crippen LogP contribution is -1.95. The Hall–Kier alpha value is -2.60. The predicted molar refractivity (Wildman–Crippen MR) is 106 cm³/mol. The van der Waals surface area contributed by atoms with Gasteiger partial charge in [-0.25, -0.2) is 4.98 Å². The van der Waals surface area contributed by atoms with Crippen LogP contribution in [-0.2, 0) is 7.05 Å². The third-order valence-electron chi connectivity index (χ3n) is 4.24. The van der Waals surface area contributed by atoms with E-state index in [1.165, 1.54) is 0 Å². The molecule has 0 aliphatic rings. The first-order valence-electron chi connectivity index (χ1n) is 8.09. The molecule has 2 aromatic carbocycles. The zero-order valence-corrected chi connectivity index (χ0v) is 16.4. The Kier molecular flexibility index (Phi) is 5.42. The average Bonchev–Trinajstić information content (AvgIpc) is 3.08. The molecule has 0 spiro atoms. The third-order valence-corrected chi connectivity index (χ3v) is 5.05. The van der Waals surface area contributed by atoms with Gasteiger partial charge >= 0.3 is 0 Å². The molecule has 0 amide bonds. The Balaban J connectivity index is 2.16. The van der Waals surface area contributed by atoms with E-state index in [1.807, 2.05) is 60.6 Å². The van der Waals surface area contributed by atoms with Gasteiger partial charge in [-0.15, -0.1) is 11.8 Å². The summed E-state index contributed by atoms with van der Waals surface area (Å²) in [4.78, 5) is 5.60. The summed E-state index contributed by atoms with van der Waals surface area (Å²) < 4.78 is 18.4. The van der Waals surface area contributed by atoms with Crippen molar-refractivity contribution < 1.29 is 14.2 Å². The van der Waals surface area contributed by atoms with E-state index in [1.54, 1.807) is 33.1 Å². The fraction of sp³-hybridized carbons (Fsp3) is 0.250. The normalized spacial score (nSPS) is 10.7. The molecular formula is C20H22N2O3S. The minimum absolute atomic E-state index is 0.776. The van der Waals surface area contributed by atoms with Crippen LogP contribution in [0, 0.1) is 0 Å². The number of aromatic nitrogens is 2. The number of ether oxygens (including phenoxy) is 3. The van der Waals surface area contributed by atoms with Crippen LogP contribution in [0.25, 0.3) is 22.5 Å². The SMILES string of the molecule is COc1ccc(-c2c(-c3cc(OC)c(SC)c(OC)c3)ncn2C)cc1. The summed E-state index contributed by atoms with van der Waals surface area (Å²) in [7, 11) is 6.99. The van der Waals surface area contributed by atoms with Gasteiger partial charge in [-0.1, -0.05) is 0 Å². The van der Waals surface area contributed by atoms with Crippen LogP contribution in [0.5, 0.6) is 17.2 Å². The van der Waals surface area contributed by atoms with Crippen molar-refractivity contribution in [2.24, 2.45) is 7.05 Å². The van der Waals surface area contributed by atoms with Crippen LogP contribution >= 0.6 is 11.8 Å². The quantitative estimate of drug-likeness (QED) is 0.598. The second-order valence-electron chi connectivity index (χ2n) is 5.70. The highest BCUT2D eigenvalue weighted by molar-refractivity contribution is 7.98. The number of rotatable bonds is 6. The molecule has 26 heavy (non-hydrogen) atoms. The van der Waals surface area contributed by atoms with Crippen LogP contribution in [0.2, 0.25) is 0 Å². The average molecular weight is 370 g/mol. The van der Waals surface area contributed by atoms with E-state index in [4.69, 9.17) is 14.2 Å². The van der Waals surface area contributed by atoms with Crippen LogP contribution in [0.1, 0.15) is 0 Å². The summed E-state index contributed by atoms with van der Waals surface area (Å²) in [6, 6.07) is 12.0. The number of aryl methyl sites for hydroxylation is 1. The van der Waals surface area contributed by atoms with E-state index >= 15 is 0 Å². The molecule has 0 fully saturated rings. The van der Waals surface area contributed by atoms with Gasteiger partial charge in [0, 0.05) is 18.2 Å². The van der Waals surface area contributed by atoms with E-state index in [9.17, 15) is 0 Å². The second kappa shape index (κ2) is 7.74. The largest absolute Gasteiger partial charge is 0.497 e. The predicted octanol–water partition coefficient (Wildman–Crippen LogP) is 4.50. The van der Waals surface area contributed by atoms with Crippen molar-refractivity contribution in [2.75, 3.05) is 27.6 Å². The molecule has 0 unspecified atom stereocenters. The number of methoxy groups -OCH3 is 3. The van der Waals surface area contributed by atoms with E-state index in [0.717, 1.165) is 44.7 Å². The van der Waals surface area contributed by atoms with Gasteiger partial charge in [0.2, 0.25) is 0 Å². The standard InChI is InChI=1S/C20H22N2O3S/c1-22-12-21-18(19(22)13-6-8-15(23-2)9-7-13)14-10-16(24-3)20(26-5)17(11-14)25-4/h6-12H,1-5H3. The molecule has 3 aromatic rings. The lowest BCUT2D eigenvalue weighted by molar-refractivity contribution is 0.377. The topological polar surface area (TPSA) is 45.5 Å². The molecular weight excluding hydrogens is 348 g/mol. The van der Waals surface area contributed by atoms with Crippen molar-refractivity contribution in [1.82, 2.24) is 9.55 Å². The van der Waals surface area contributed by atoms with E-state index < -0.39 is 0 Å². The van der Waals surface area contributed by atoms with Gasteiger partial charge in [0.05, 0.1) is 43.9 Å². The van der Waals surface area contributed by atoms with Crippen molar-refractivity contribution in [3.8, 4) is 39.8 Å². The maximum Gasteiger partial charge on any atom is 0.136 e. The molecule has 0 bridgehead atoms. The number of benzene rings is 2. The zero-order chi connectivity index (χ0) is 18.7. The van der Waals surface area contributed by atoms with Gasteiger partial charge < -0.3 is 18.8 Å². The third kappa shape index (κ3) is 3.24. The van der Waals surface area contributed by atoms with Crippen molar-refractivity contribution in [3.05, 3.63) is 42.7 Å². The lowest BCUT2D eigenvalue weighted by atomic mass is 10.0. The van der Waals surface area contributed by atoms with Gasteiger partial charge in [0.15, 0.2) is 0 Å². The summed E-state index contributed by atoms with van der Waals surface area (Å²) >= 11 is 1.60. The number of hydrogen-bond donors (Lipinski definition) is 0. The van der Waals surface area contributed by atoms with Gasteiger partial charge in [-0.2, -0.15) is 0 Å². The molecule has 5 nitrogen and oxygen atoms in total. The lowest BCUT2D eigenvalue weighted by Gasteiger charge is -2.14. The Labute approximate surface area is 157 Å². The maximum atomic E-state index is 5.57. The first kappa shape index (κ1) is 18.2. The zero-order valence-electron chi connectivity index (χ0n) is 15.6. The molecule has 136 valence electrons. The molecule has 0 radical (unpaired) electrons. The molecule has 0 saturated heterocycles. The maximum absolute atomic E-state index is 5.57. The minimum atomic E-state index is 0.776. The molecule has 0 aliphatic heterocycles. The van der Waals surface area contributed by atoms with Crippen molar-refractivity contribution in [2.45, 2.75) is 4.90 Å². The Morgan fingerprint density at radius 2 is 1.50 bits per heavy atom. The van der Waals surface area contributed by atoms with Gasteiger partial charge in [0.1, 0.15) is 17.2 Å². The van der Waals surface area contributed by atoms with E-state index in [0.29, 0.717) is 0 Å². The highest BCUT2D eigenvalue weighted by Crippen LogP contribution is 2.42. The number of imidazole rings is 1. The van der Waals surface area contributed by atoms with Crippen LogP contribution < -0.4 is 14.2 Å². The first-order chi connectivity index (χ1) is 12.6. The molecule has 0 aliphatic carbocycles. The van der Waals surface area contributed by atoms with Crippen molar-refractivity contribution in [1.29, 1.82) is 0 Å². The molecule has 0 saturated carbocycles. The molecule has 3 rings (SSSR count). The van der Waals surface area contributed by atoms with Gasteiger partial charge in [-0.3, -0.25) is 0 Å². The van der Waals surface area contributed by atoms with Crippen LogP contribution in [0.3, 0.4) is 0 Å². The molecule has 0 atom stereocenters. The summed E-state index contributed by atoms with van der Waals surface area (Å²) in [5.41, 5.74) is 3.91. The molecule has 0 N–H and O–H groups in total. The Bertz CT molecular complexity index is 879. The van der Waals surface area contributed by atoms with E-state index in [2.05, 4.69) is 4.98 Å². The number of nitrogens with zero attached hydrogens (tertiary/aromatic N) is 2. The summed E-state index contributed by atoms with van der Waals surface area (Å²) in [6.07, 6.45) is 3.82. The second-order valence-corrected chi connectivity index (χ2v) is 6.51. The summed E-state index contributed by atoms with van der Waals surface area (Å²) in [6.45, 7) is 0. The number of hydrogen-bond acceptors (Lipinski definition) is 5. The van der Waals surface area contributed by atoms with Crippen LogP contribution in [-0.4, -0.2) is 37.1 Å². The van der Waals surface area contributed by atoms with E-state index in [-0.39, 0.29) is 0 Å². The summed E-state index contributed by atoms with van der Waals surface area (Å²) in [5, 5.41) is 0. The molecule has 1 aromatic heterocycles.